The van der Waals surface area contributed by atoms with Crippen LogP contribution < -0.4 is 4.90 Å². The van der Waals surface area contributed by atoms with Gasteiger partial charge in [-0.2, -0.15) is 0 Å². The second-order valence-electron chi connectivity index (χ2n) is 4.96. The van der Waals surface area contributed by atoms with E-state index in [9.17, 15) is 4.79 Å². The van der Waals surface area contributed by atoms with E-state index >= 15 is 0 Å². The molecule has 1 fully saturated rings. The van der Waals surface area contributed by atoms with Gasteiger partial charge in [0.25, 0.3) is 0 Å². The molecule has 18 heavy (non-hydrogen) atoms. The summed E-state index contributed by atoms with van der Waals surface area (Å²) in [6.45, 7) is 4.73. The number of ether oxygens (including phenoxy) is 1. The Hall–Kier alpha value is -1.42. The Morgan fingerprint density at radius 1 is 1.50 bits per heavy atom. The molecule has 1 aliphatic heterocycles. The van der Waals surface area contributed by atoms with Crippen molar-refractivity contribution in [2.24, 2.45) is 5.92 Å². The average Bonchev–Trinajstić information content (AvgIpc) is 2.39. The highest BCUT2D eigenvalue weighted by Crippen LogP contribution is 2.21. The Balaban J connectivity index is 2.03. The lowest BCUT2D eigenvalue weighted by molar-refractivity contribution is 0.0685. The highest BCUT2D eigenvalue weighted by Gasteiger charge is 2.17. The van der Waals surface area contributed by atoms with Crippen molar-refractivity contribution in [3.05, 3.63) is 23.4 Å². The number of aromatic nitrogens is 1. The maximum absolute atomic E-state index is 10.7. The van der Waals surface area contributed by atoms with Crippen LogP contribution in [0.3, 0.4) is 0 Å². The van der Waals surface area contributed by atoms with Crippen molar-refractivity contribution in [1.29, 1.82) is 0 Å². The van der Waals surface area contributed by atoms with E-state index in [1.807, 2.05) is 13.0 Å². The molecule has 1 aromatic heterocycles. The van der Waals surface area contributed by atoms with Crippen molar-refractivity contribution in [2.45, 2.75) is 19.8 Å². The van der Waals surface area contributed by atoms with Gasteiger partial charge >= 0.3 is 0 Å². The van der Waals surface area contributed by atoms with Crippen molar-refractivity contribution < 1.29 is 9.53 Å². The molecule has 2 rings (SSSR count). The number of aldehydes is 1. The predicted molar refractivity (Wildman–Crippen MR) is 71.2 cm³/mol. The molecule has 1 saturated heterocycles. The Morgan fingerprint density at radius 2 is 2.22 bits per heavy atom. The summed E-state index contributed by atoms with van der Waals surface area (Å²) in [5.41, 5.74) is 1.69. The lowest BCUT2D eigenvalue weighted by atomic mass is 10.00. The van der Waals surface area contributed by atoms with Gasteiger partial charge in [-0.3, -0.25) is 4.79 Å². The second-order valence-corrected chi connectivity index (χ2v) is 4.96. The molecule has 4 heteroatoms. The molecule has 0 spiro atoms. The normalized spacial score (nSPS) is 16.6. The van der Waals surface area contributed by atoms with Gasteiger partial charge in [-0.05, 0) is 37.3 Å². The van der Waals surface area contributed by atoms with Crippen LogP contribution >= 0.6 is 0 Å². The fraction of sp³-hybridized carbons (Fsp3) is 0.571. The molecular formula is C14H20N2O2. The van der Waals surface area contributed by atoms with E-state index in [0.717, 1.165) is 50.3 Å². The van der Waals surface area contributed by atoms with E-state index in [-0.39, 0.29) is 0 Å². The monoisotopic (exact) mass is 248 g/mol. The third-order valence-corrected chi connectivity index (χ3v) is 3.44. The van der Waals surface area contributed by atoms with Crippen LogP contribution in [0.1, 0.15) is 28.8 Å². The van der Waals surface area contributed by atoms with Gasteiger partial charge in [0.15, 0.2) is 6.29 Å². The minimum Gasteiger partial charge on any atom is -0.381 e. The van der Waals surface area contributed by atoms with Crippen LogP contribution in [-0.4, -0.2) is 38.1 Å². The second kappa shape index (κ2) is 5.96. The highest BCUT2D eigenvalue weighted by molar-refractivity contribution is 5.75. The Bertz CT molecular complexity index is 414. The highest BCUT2D eigenvalue weighted by atomic mass is 16.5. The molecule has 0 aromatic carbocycles. The van der Waals surface area contributed by atoms with Gasteiger partial charge in [0.05, 0.1) is 0 Å². The summed E-state index contributed by atoms with van der Waals surface area (Å²) < 4.78 is 5.37. The number of carbonyl (C=O) groups excluding carboxylic acids is 1. The van der Waals surface area contributed by atoms with Crippen molar-refractivity contribution in [3.8, 4) is 0 Å². The zero-order valence-electron chi connectivity index (χ0n) is 11.1. The van der Waals surface area contributed by atoms with Crippen LogP contribution in [0.2, 0.25) is 0 Å². The van der Waals surface area contributed by atoms with Crippen LogP contribution in [0.5, 0.6) is 0 Å². The number of hydrogen-bond donors (Lipinski definition) is 0. The van der Waals surface area contributed by atoms with E-state index in [0.29, 0.717) is 11.5 Å². The maximum Gasteiger partial charge on any atom is 0.151 e. The van der Waals surface area contributed by atoms with Gasteiger partial charge in [0.1, 0.15) is 5.82 Å². The van der Waals surface area contributed by atoms with E-state index in [1.54, 1.807) is 6.20 Å². The summed E-state index contributed by atoms with van der Waals surface area (Å²) in [5.74, 6) is 1.64. The number of rotatable bonds is 4. The number of anilines is 1. The number of pyridine rings is 1. The smallest absolute Gasteiger partial charge is 0.151 e. The quantitative estimate of drug-likeness (QED) is 0.765. The minimum atomic E-state index is 0.635. The van der Waals surface area contributed by atoms with Gasteiger partial charge in [-0.1, -0.05) is 0 Å². The molecule has 0 aliphatic carbocycles. The number of nitrogens with zero attached hydrogens (tertiary/aromatic N) is 2. The lowest BCUT2D eigenvalue weighted by Crippen LogP contribution is -2.30. The fourth-order valence-electron chi connectivity index (χ4n) is 2.46. The first-order chi connectivity index (χ1) is 8.70. The van der Waals surface area contributed by atoms with Gasteiger partial charge in [0.2, 0.25) is 0 Å². The van der Waals surface area contributed by atoms with Gasteiger partial charge in [-0.25, -0.2) is 4.98 Å². The number of carbonyl (C=O) groups is 1. The first-order valence-corrected chi connectivity index (χ1v) is 6.41. The number of hydrogen-bond acceptors (Lipinski definition) is 4. The third kappa shape index (κ3) is 3.07. The topological polar surface area (TPSA) is 42.4 Å². The molecule has 98 valence electrons. The van der Waals surface area contributed by atoms with E-state index < -0.39 is 0 Å². The standard InChI is InChI=1S/C14H20N2O2/c1-11-7-13(10-17)8-15-14(11)16(2)9-12-3-5-18-6-4-12/h7-8,10,12H,3-6,9H2,1-2H3. The fourth-order valence-corrected chi connectivity index (χ4v) is 2.46. The van der Waals surface area contributed by atoms with Crippen molar-refractivity contribution in [1.82, 2.24) is 4.98 Å². The summed E-state index contributed by atoms with van der Waals surface area (Å²) in [4.78, 5) is 17.2. The first kappa shape index (κ1) is 13.0. The molecule has 1 aromatic rings. The maximum atomic E-state index is 10.7. The molecule has 4 nitrogen and oxygen atoms in total. The first-order valence-electron chi connectivity index (χ1n) is 6.41. The Labute approximate surface area is 108 Å². The summed E-state index contributed by atoms with van der Waals surface area (Å²) in [7, 11) is 2.06. The minimum absolute atomic E-state index is 0.635. The lowest BCUT2D eigenvalue weighted by Gasteiger charge is -2.28. The number of aryl methyl sites for hydroxylation is 1. The average molecular weight is 248 g/mol. The zero-order valence-corrected chi connectivity index (χ0v) is 11.1. The van der Waals surface area contributed by atoms with Crippen LogP contribution in [0.15, 0.2) is 12.3 Å². The van der Waals surface area contributed by atoms with E-state index in [4.69, 9.17) is 4.74 Å². The molecule has 1 aliphatic rings. The summed E-state index contributed by atoms with van der Waals surface area (Å²) in [6.07, 6.45) is 4.71. The van der Waals surface area contributed by atoms with Crippen LogP contribution in [-0.2, 0) is 4.74 Å². The van der Waals surface area contributed by atoms with Crippen molar-refractivity contribution in [2.75, 3.05) is 31.7 Å². The third-order valence-electron chi connectivity index (χ3n) is 3.44. The summed E-state index contributed by atoms with van der Waals surface area (Å²) >= 11 is 0. The SMILES string of the molecule is Cc1cc(C=O)cnc1N(C)CC1CCOCC1. The molecule has 0 unspecified atom stereocenters. The molecule has 0 atom stereocenters. The van der Waals surface area contributed by atoms with E-state index in [2.05, 4.69) is 16.9 Å². The van der Waals surface area contributed by atoms with Crippen molar-refractivity contribution in [3.63, 3.8) is 0 Å². The summed E-state index contributed by atoms with van der Waals surface area (Å²) in [6, 6.07) is 1.88. The molecule has 0 amide bonds. The molecule has 0 bridgehead atoms. The molecule has 0 radical (unpaired) electrons. The Kier molecular flexibility index (Phi) is 4.31. The van der Waals surface area contributed by atoms with Crippen LogP contribution in [0.25, 0.3) is 0 Å². The Morgan fingerprint density at radius 3 is 2.83 bits per heavy atom. The van der Waals surface area contributed by atoms with E-state index in [1.165, 1.54) is 0 Å². The molecule has 0 N–H and O–H groups in total. The van der Waals surface area contributed by atoms with Crippen LogP contribution in [0.4, 0.5) is 5.82 Å². The van der Waals surface area contributed by atoms with Gasteiger partial charge < -0.3 is 9.64 Å². The zero-order chi connectivity index (χ0) is 13.0. The molecular weight excluding hydrogens is 228 g/mol. The van der Waals surface area contributed by atoms with Crippen molar-refractivity contribution >= 4 is 12.1 Å². The summed E-state index contributed by atoms with van der Waals surface area (Å²) in [5, 5.41) is 0. The van der Waals surface area contributed by atoms with Gasteiger partial charge in [0, 0.05) is 38.6 Å². The van der Waals surface area contributed by atoms with Gasteiger partial charge in [-0.15, -0.1) is 0 Å². The van der Waals surface area contributed by atoms with Crippen LogP contribution in [0, 0.1) is 12.8 Å². The largest absolute Gasteiger partial charge is 0.381 e. The molecule has 2 heterocycles. The predicted octanol–water partition coefficient (Wildman–Crippen LogP) is 2.07. The molecule has 0 saturated carbocycles.